The quantitative estimate of drug-likeness (QED) is 0.715. The number of rotatable bonds is 5. The Morgan fingerprint density at radius 2 is 1.96 bits per heavy atom. The minimum absolute atomic E-state index is 0.0157. The summed E-state index contributed by atoms with van der Waals surface area (Å²) in [7, 11) is 0. The molecule has 0 radical (unpaired) electrons. The van der Waals surface area contributed by atoms with Crippen LogP contribution in [0.4, 0.5) is 0 Å². The molecule has 3 N–H and O–H groups in total. The van der Waals surface area contributed by atoms with Gasteiger partial charge in [0.25, 0.3) is 0 Å². The number of amides is 1. The molecule has 0 saturated carbocycles. The van der Waals surface area contributed by atoms with E-state index in [4.69, 9.17) is 9.52 Å². The van der Waals surface area contributed by atoms with Gasteiger partial charge in [0.2, 0.25) is 5.91 Å². The number of benzene rings is 1. The number of carboxylic acid groups (broad SMARTS) is 1. The molecule has 2 rings (SSSR count). The number of fused-ring (bicyclic) bond motifs is 1. The van der Waals surface area contributed by atoms with Crippen LogP contribution >= 0.6 is 0 Å². The van der Waals surface area contributed by atoms with E-state index < -0.39 is 23.5 Å². The summed E-state index contributed by atoms with van der Waals surface area (Å²) in [5.41, 5.74) is 0.383. The lowest BCUT2D eigenvalue weighted by atomic mass is 10.0. The van der Waals surface area contributed by atoms with Gasteiger partial charge in [0.05, 0.1) is 6.42 Å². The van der Waals surface area contributed by atoms with Crippen LogP contribution in [0.3, 0.4) is 0 Å². The van der Waals surface area contributed by atoms with E-state index in [1.165, 1.54) is 12.1 Å². The van der Waals surface area contributed by atoms with Crippen molar-refractivity contribution in [3.63, 3.8) is 0 Å². The third kappa shape index (κ3) is 3.56. The molecule has 1 heterocycles. The molecule has 0 bridgehead atoms. The van der Waals surface area contributed by atoms with Gasteiger partial charge in [-0.3, -0.25) is 4.79 Å². The van der Waals surface area contributed by atoms with Crippen LogP contribution in [-0.2, 0) is 16.0 Å². The fourth-order valence-electron chi connectivity index (χ4n) is 2.47. The Morgan fingerprint density at radius 3 is 2.54 bits per heavy atom. The molecule has 24 heavy (non-hydrogen) atoms. The van der Waals surface area contributed by atoms with Crippen molar-refractivity contribution in [3.05, 3.63) is 39.7 Å². The minimum atomic E-state index is -1.11. The number of aryl methyl sites for hydroxylation is 1. The summed E-state index contributed by atoms with van der Waals surface area (Å²) in [6.45, 7) is 4.99. The lowest BCUT2D eigenvalue weighted by molar-refractivity contribution is -0.143. The fourth-order valence-corrected chi connectivity index (χ4v) is 2.47. The molecule has 0 aliphatic carbocycles. The third-order valence-electron chi connectivity index (χ3n) is 3.82. The smallest absolute Gasteiger partial charge is 0.336 e. The van der Waals surface area contributed by atoms with Crippen molar-refractivity contribution >= 4 is 22.8 Å². The number of phenolic OH excluding ortho intramolecular Hbond substituents is 1. The summed E-state index contributed by atoms with van der Waals surface area (Å²) in [5.74, 6) is -1.91. The average molecular weight is 333 g/mol. The molecular formula is C17H19NO6. The highest BCUT2D eigenvalue weighted by Crippen LogP contribution is 2.27. The highest BCUT2D eigenvalue weighted by Gasteiger charge is 2.24. The van der Waals surface area contributed by atoms with Gasteiger partial charge in [-0.25, -0.2) is 9.59 Å². The Balaban J connectivity index is 2.36. The van der Waals surface area contributed by atoms with Crippen LogP contribution in [0.25, 0.3) is 11.0 Å². The zero-order chi connectivity index (χ0) is 18.0. The van der Waals surface area contributed by atoms with Gasteiger partial charge in [0.1, 0.15) is 17.4 Å². The number of nitrogens with one attached hydrogen (secondary N) is 1. The number of hydrogen-bond acceptors (Lipinski definition) is 5. The van der Waals surface area contributed by atoms with Crippen LogP contribution < -0.4 is 10.9 Å². The van der Waals surface area contributed by atoms with Crippen LogP contribution in [0.2, 0.25) is 0 Å². The average Bonchev–Trinajstić information content (AvgIpc) is 2.48. The molecule has 1 amide bonds. The summed E-state index contributed by atoms with van der Waals surface area (Å²) >= 11 is 0. The normalized spacial score (nSPS) is 12.3. The van der Waals surface area contributed by atoms with E-state index in [9.17, 15) is 19.5 Å². The summed E-state index contributed by atoms with van der Waals surface area (Å²) < 4.78 is 5.11. The molecule has 0 aliphatic rings. The standard InChI is InChI=1S/C17H19NO6/c1-8(2)15(17(22)23)18-13(20)6-10-7-14(21)24-16-9(3)12(19)5-4-11(10)16/h4-5,7-8,15,19H,6H2,1-3H3,(H,18,20)(H,22,23). The number of aromatic hydroxyl groups is 1. The van der Waals surface area contributed by atoms with Crippen molar-refractivity contribution < 1.29 is 24.2 Å². The number of carbonyl (C=O) groups excluding carboxylic acids is 1. The third-order valence-corrected chi connectivity index (χ3v) is 3.82. The van der Waals surface area contributed by atoms with Crippen molar-refractivity contribution in [3.8, 4) is 5.75 Å². The van der Waals surface area contributed by atoms with E-state index in [1.807, 2.05) is 0 Å². The number of carbonyl (C=O) groups is 2. The van der Waals surface area contributed by atoms with Crippen LogP contribution in [0.5, 0.6) is 5.75 Å². The Bertz CT molecular complexity index is 852. The summed E-state index contributed by atoms with van der Waals surface area (Å²) in [4.78, 5) is 35.1. The van der Waals surface area contributed by atoms with Crippen molar-refractivity contribution in [1.29, 1.82) is 0 Å². The fraction of sp³-hybridized carbons (Fsp3) is 0.353. The Kier molecular flexibility index (Phi) is 4.92. The van der Waals surface area contributed by atoms with E-state index in [0.29, 0.717) is 16.5 Å². The monoisotopic (exact) mass is 333 g/mol. The lowest BCUT2D eigenvalue weighted by Crippen LogP contribution is -2.44. The van der Waals surface area contributed by atoms with Crippen LogP contribution in [0, 0.1) is 12.8 Å². The van der Waals surface area contributed by atoms with Gasteiger partial charge in [-0.1, -0.05) is 13.8 Å². The first kappa shape index (κ1) is 17.5. The van der Waals surface area contributed by atoms with Gasteiger partial charge in [-0.2, -0.15) is 0 Å². The van der Waals surface area contributed by atoms with Crippen molar-refractivity contribution in [2.75, 3.05) is 0 Å². The molecule has 1 unspecified atom stereocenters. The Morgan fingerprint density at radius 1 is 1.29 bits per heavy atom. The Labute approximate surface area is 137 Å². The predicted molar refractivity (Wildman–Crippen MR) is 87.0 cm³/mol. The number of aliphatic carboxylic acids is 1. The van der Waals surface area contributed by atoms with Gasteiger partial charge in [-0.05, 0) is 30.5 Å². The minimum Gasteiger partial charge on any atom is -0.508 e. The molecule has 7 heteroatoms. The second-order valence-corrected chi connectivity index (χ2v) is 5.98. The molecule has 1 aromatic heterocycles. The van der Waals surface area contributed by atoms with Crippen molar-refractivity contribution in [2.24, 2.45) is 5.92 Å². The van der Waals surface area contributed by atoms with Gasteiger partial charge in [0.15, 0.2) is 0 Å². The largest absolute Gasteiger partial charge is 0.508 e. The van der Waals surface area contributed by atoms with Gasteiger partial charge >= 0.3 is 11.6 Å². The summed E-state index contributed by atoms with van der Waals surface area (Å²) in [5, 5.41) is 21.8. The topological polar surface area (TPSA) is 117 Å². The van der Waals surface area contributed by atoms with Crippen LogP contribution in [0.1, 0.15) is 25.0 Å². The first-order chi connectivity index (χ1) is 11.2. The molecular weight excluding hydrogens is 314 g/mol. The molecule has 0 saturated heterocycles. The zero-order valence-corrected chi connectivity index (χ0v) is 13.6. The zero-order valence-electron chi connectivity index (χ0n) is 13.6. The van der Waals surface area contributed by atoms with E-state index in [1.54, 1.807) is 26.8 Å². The van der Waals surface area contributed by atoms with Gasteiger partial charge < -0.3 is 19.9 Å². The van der Waals surface area contributed by atoms with Gasteiger partial charge in [-0.15, -0.1) is 0 Å². The summed E-state index contributed by atoms with van der Waals surface area (Å²) in [6.07, 6.45) is -0.164. The molecule has 0 spiro atoms. The van der Waals surface area contributed by atoms with E-state index >= 15 is 0 Å². The number of phenols is 1. The van der Waals surface area contributed by atoms with E-state index in [2.05, 4.69) is 5.32 Å². The molecule has 0 aliphatic heterocycles. The molecule has 0 fully saturated rings. The van der Waals surface area contributed by atoms with Gasteiger partial charge in [0, 0.05) is 17.0 Å². The Hall–Kier alpha value is -2.83. The van der Waals surface area contributed by atoms with Crippen LogP contribution in [0.15, 0.2) is 27.4 Å². The highest BCUT2D eigenvalue weighted by molar-refractivity contribution is 5.91. The maximum absolute atomic E-state index is 12.2. The van der Waals surface area contributed by atoms with Crippen molar-refractivity contribution in [1.82, 2.24) is 5.32 Å². The number of hydrogen-bond donors (Lipinski definition) is 3. The maximum Gasteiger partial charge on any atom is 0.336 e. The number of carboxylic acids is 1. The van der Waals surface area contributed by atoms with E-state index in [-0.39, 0.29) is 23.7 Å². The predicted octanol–water partition coefficient (Wildman–Crippen LogP) is 1.57. The van der Waals surface area contributed by atoms with Crippen LogP contribution in [-0.4, -0.2) is 28.1 Å². The molecule has 1 aromatic carbocycles. The molecule has 7 nitrogen and oxygen atoms in total. The summed E-state index contributed by atoms with van der Waals surface area (Å²) in [6, 6.07) is 3.20. The van der Waals surface area contributed by atoms with E-state index in [0.717, 1.165) is 0 Å². The molecule has 1 atom stereocenters. The first-order valence-corrected chi connectivity index (χ1v) is 7.48. The second-order valence-electron chi connectivity index (χ2n) is 5.98. The lowest BCUT2D eigenvalue weighted by Gasteiger charge is -2.18. The first-order valence-electron chi connectivity index (χ1n) is 7.48. The van der Waals surface area contributed by atoms with Crippen molar-refractivity contribution in [2.45, 2.75) is 33.2 Å². The second kappa shape index (κ2) is 6.74. The highest BCUT2D eigenvalue weighted by atomic mass is 16.4. The SMILES string of the molecule is Cc1c(O)ccc2c(CC(=O)NC(C(=O)O)C(C)C)cc(=O)oc12. The molecule has 128 valence electrons. The molecule has 2 aromatic rings. The maximum atomic E-state index is 12.2.